The number of rotatable bonds is 1. The lowest BCUT2D eigenvalue weighted by Crippen LogP contribution is -2.40. The molecule has 2 rings (SSSR count). The zero-order chi connectivity index (χ0) is 9.85. The average Bonchev–Trinajstić information content (AvgIpc) is 2.34. The van der Waals surface area contributed by atoms with Crippen LogP contribution in [0.15, 0.2) is 0 Å². The average molecular weight is 181 g/mol. The second-order valence-corrected chi connectivity index (χ2v) is 6.08. The fraction of sp³-hybridized carbons (Fsp3) is 1.00. The van der Waals surface area contributed by atoms with Gasteiger partial charge in [0.05, 0.1) is 0 Å². The van der Waals surface area contributed by atoms with Crippen molar-refractivity contribution in [3.05, 3.63) is 0 Å². The van der Waals surface area contributed by atoms with E-state index in [2.05, 4.69) is 27.7 Å². The van der Waals surface area contributed by atoms with E-state index < -0.39 is 0 Å². The molecule has 0 spiro atoms. The predicted octanol–water partition coefficient (Wildman–Crippen LogP) is 2.80. The van der Waals surface area contributed by atoms with E-state index in [0.717, 1.165) is 11.8 Å². The van der Waals surface area contributed by atoms with Crippen molar-refractivity contribution >= 4 is 0 Å². The summed E-state index contributed by atoms with van der Waals surface area (Å²) in [7, 11) is 0. The molecule has 2 N–H and O–H groups in total. The summed E-state index contributed by atoms with van der Waals surface area (Å²) >= 11 is 0. The van der Waals surface area contributed by atoms with Crippen LogP contribution in [-0.2, 0) is 0 Å². The molecule has 0 aromatic heterocycles. The van der Waals surface area contributed by atoms with Crippen molar-refractivity contribution in [2.45, 2.75) is 53.0 Å². The maximum Gasteiger partial charge on any atom is 0.00442 e. The maximum absolute atomic E-state index is 6.09. The first-order chi connectivity index (χ1) is 5.89. The molecule has 2 saturated carbocycles. The fourth-order valence-electron chi connectivity index (χ4n) is 4.06. The first kappa shape index (κ1) is 9.51. The Hall–Kier alpha value is -0.0400. The minimum atomic E-state index is 0.384. The Bertz CT molecular complexity index is 219. The van der Waals surface area contributed by atoms with Gasteiger partial charge in [0.2, 0.25) is 0 Å². The summed E-state index contributed by atoms with van der Waals surface area (Å²) < 4.78 is 0. The van der Waals surface area contributed by atoms with Gasteiger partial charge in [0.1, 0.15) is 0 Å². The lowest BCUT2D eigenvalue weighted by atomic mass is 9.65. The first-order valence-electron chi connectivity index (χ1n) is 5.65. The third-order valence-corrected chi connectivity index (χ3v) is 5.50. The summed E-state index contributed by atoms with van der Waals surface area (Å²) in [6, 6.07) is 0.384. The molecule has 0 saturated heterocycles. The van der Waals surface area contributed by atoms with Crippen molar-refractivity contribution in [3.63, 3.8) is 0 Å². The van der Waals surface area contributed by atoms with Crippen LogP contribution in [-0.4, -0.2) is 6.04 Å². The molecule has 0 heterocycles. The Morgan fingerprint density at radius 3 is 2.15 bits per heavy atom. The van der Waals surface area contributed by atoms with E-state index in [4.69, 9.17) is 5.73 Å². The number of nitrogens with two attached hydrogens (primary N) is 1. The van der Waals surface area contributed by atoms with Crippen molar-refractivity contribution in [2.75, 3.05) is 0 Å². The topological polar surface area (TPSA) is 26.0 Å². The van der Waals surface area contributed by atoms with E-state index in [-0.39, 0.29) is 0 Å². The van der Waals surface area contributed by atoms with Crippen LogP contribution < -0.4 is 5.73 Å². The third-order valence-electron chi connectivity index (χ3n) is 5.50. The van der Waals surface area contributed by atoms with Crippen LogP contribution in [0.25, 0.3) is 0 Å². The molecule has 2 aliphatic carbocycles. The zero-order valence-electron chi connectivity index (χ0n) is 9.43. The van der Waals surface area contributed by atoms with Crippen molar-refractivity contribution in [1.82, 2.24) is 0 Å². The Labute approximate surface area is 82.1 Å². The molecule has 0 aliphatic heterocycles. The van der Waals surface area contributed by atoms with Gasteiger partial charge in [-0.15, -0.1) is 0 Å². The molecule has 0 aromatic carbocycles. The van der Waals surface area contributed by atoms with Gasteiger partial charge in [-0.05, 0) is 48.9 Å². The lowest BCUT2D eigenvalue weighted by molar-refractivity contribution is 0.0911. The minimum Gasteiger partial charge on any atom is -0.328 e. The van der Waals surface area contributed by atoms with Gasteiger partial charge in [0.15, 0.2) is 0 Å². The monoisotopic (exact) mass is 181 g/mol. The standard InChI is InChI=1S/C12H23N/c1-8(13)10-7-9-5-6-12(10,4)11(9,2)3/h8-10H,5-7,13H2,1-4H3/t8-,9-,10+,12+/m0/s1. The lowest BCUT2D eigenvalue weighted by Gasteiger charge is -2.41. The second kappa shape index (κ2) is 2.50. The van der Waals surface area contributed by atoms with Gasteiger partial charge in [0, 0.05) is 6.04 Å². The van der Waals surface area contributed by atoms with Gasteiger partial charge in [-0.2, -0.15) is 0 Å². The molecule has 0 aromatic rings. The van der Waals surface area contributed by atoms with Gasteiger partial charge < -0.3 is 5.73 Å². The van der Waals surface area contributed by atoms with Crippen molar-refractivity contribution in [1.29, 1.82) is 0 Å². The molecule has 0 radical (unpaired) electrons. The summed E-state index contributed by atoms with van der Waals surface area (Å²) in [6.45, 7) is 9.56. The second-order valence-electron chi connectivity index (χ2n) is 6.08. The number of hydrogen-bond acceptors (Lipinski definition) is 1. The molecule has 0 unspecified atom stereocenters. The van der Waals surface area contributed by atoms with Gasteiger partial charge >= 0.3 is 0 Å². The van der Waals surface area contributed by atoms with Crippen LogP contribution in [0.4, 0.5) is 0 Å². The SMILES string of the molecule is C[C@H](N)[C@H]1C[C@@H]2CC[C@@]1(C)C2(C)C. The molecule has 76 valence electrons. The smallest absolute Gasteiger partial charge is 0.00442 e. The molecule has 1 heteroatoms. The third kappa shape index (κ3) is 0.971. The highest BCUT2D eigenvalue weighted by molar-refractivity contribution is 5.11. The van der Waals surface area contributed by atoms with Crippen molar-refractivity contribution in [2.24, 2.45) is 28.4 Å². The van der Waals surface area contributed by atoms with Crippen LogP contribution in [0.2, 0.25) is 0 Å². The maximum atomic E-state index is 6.09. The molecular weight excluding hydrogens is 158 g/mol. The first-order valence-corrected chi connectivity index (χ1v) is 5.65. The van der Waals surface area contributed by atoms with Crippen LogP contribution >= 0.6 is 0 Å². The summed E-state index contributed by atoms with van der Waals surface area (Å²) in [5.41, 5.74) is 7.14. The molecular formula is C12H23N. The molecule has 2 aliphatic rings. The van der Waals surface area contributed by atoms with Crippen molar-refractivity contribution in [3.8, 4) is 0 Å². The van der Waals surface area contributed by atoms with Gasteiger partial charge in [-0.3, -0.25) is 0 Å². The summed E-state index contributed by atoms with van der Waals surface area (Å²) in [5, 5.41) is 0. The fourth-order valence-corrected chi connectivity index (χ4v) is 4.06. The highest BCUT2D eigenvalue weighted by Gasteiger charge is 2.61. The molecule has 0 amide bonds. The van der Waals surface area contributed by atoms with Gasteiger partial charge in [0.25, 0.3) is 0 Å². The molecule has 4 atom stereocenters. The highest BCUT2D eigenvalue weighted by Crippen LogP contribution is 2.68. The molecule has 13 heavy (non-hydrogen) atoms. The normalized spacial score (nSPS) is 49.6. The van der Waals surface area contributed by atoms with E-state index in [0.29, 0.717) is 16.9 Å². The zero-order valence-corrected chi connectivity index (χ0v) is 9.43. The highest BCUT2D eigenvalue weighted by atomic mass is 14.7. The quantitative estimate of drug-likeness (QED) is 0.661. The predicted molar refractivity (Wildman–Crippen MR) is 56.4 cm³/mol. The Morgan fingerprint density at radius 2 is 1.92 bits per heavy atom. The van der Waals surface area contributed by atoms with Crippen LogP contribution in [0, 0.1) is 22.7 Å². The van der Waals surface area contributed by atoms with E-state index in [9.17, 15) is 0 Å². The van der Waals surface area contributed by atoms with E-state index in [1.54, 1.807) is 0 Å². The Morgan fingerprint density at radius 1 is 1.31 bits per heavy atom. The van der Waals surface area contributed by atoms with E-state index in [1.165, 1.54) is 19.3 Å². The van der Waals surface area contributed by atoms with Crippen LogP contribution in [0.1, 0.15) is 47.0 Å². The summed E-state index contributed by atoms with van der Waals surface area (Å²) in [5.74, 6) is 1.70. The number of fused-ring (bicyclic) bond motifs is 2. The summed E-state index contributed by atoms with van der Waals surface area (Å²) in [4.78, 5) is 0. The number of hydrogen-bond donors (Lipinski definition) is 1. The van der Waals surface area contributed by atoms with Gasteiger partial charge in [-0.1, -0.05) is 20.8 Å². The largest absolute Gasteiger partial charge is 0.328 e. The minimum absolute atomic E-state index is 0.384. The van der Waals surface area contributed by atoms with Crippen LogP contribution in [0.5, 0.6) is 0 Å². The Balaban J connectivity index is 2.33. The molecule has 2 bridgehead atoms. The van der Waals surface area contributed by atoms with Gasteiger partial charge in [-0.25, -0.2) is 0 Å². The molecule has 2 fully saturated rings. The van der Waals surface area contributed by atoms with E-state index in [1.807, 2.05) is 0 Å². The summed E-state index contributed by atoms with van der Waals surface area (Å²) in [6.07, 6.45) is 4.21. The molecule has 1 nitrogen and oxygen atoms in total. The van der Waals surface area contributed by atoms with Crippen molar-refractivity contribution < 1.29 is 0 Å². The van der Waals surface area contributed by atoms with Crippen LogP contribution in [0.3, 0.4) is 0 Å². The Kier molecular flexibility index (Phi) is 1.83. The van der Waals surface area contributed by atoms with E-state index >= 15 is 0 Å².